The molecule has 1 aliphatic heterocycles. The molecule has 0 bridgehead atoms. The lowest BCUT2D eigenvalue weighted by atomic mass is 10.0. The van der Waals surface area contributed by atoms with Gasteiger partial charge in [-0.1, -0.05) is 6.92 Å². The van der Waals surface area contributed by atoms with Gasteiger partial charge in [0.15, 0.2) is 0 Å². The van der Waals surface area contributed by atoms with Crippen molar-refractivity contribution in [2.45, 2.75) is 45.1 Å². The third kappa shape index (κ3) is 2.98. The summed E-state index contributed by atoms with van der Waals surface area (Å²) in [5.74, 6) is 0.263. The summed E-state index contributed by atoms with van der Waals surface area (Å²) in [6, 6.07) is 2.89. The number of carbonyl (C=O) groups is 1. The van der Waals surface area contributed by atoms with Crippen molar-refractivity contribution < 1.29 is 4.79 Å². The van der Waals surface area contributed by atoms with Gasteiger partial charge in [-0.3, -0.25) is 4.79 Å². The van der Waals surface area contributed by atoms with Crippen molar-refractivity contribution in [3.8, 4) is 6.07 Å². The van der Waals surface area contributed by atoms with E-state index in [0.29, 0.717) is 12.5 Å². The maximum absolute atomic E-state index is 11.5. The number of hydrogen-bond donors (Lipinski definition) is 1. The molecule has 17 heavy (non-hydrogen) atoms. The van der Waals surface area contributed by atoms with Crippen molar-refractivity contribution in [1.82, 2.24) is 10.2 Å². The molecule has 1 saturated heterocycles. The highest BCUT2D eigenvalue weighted by Crippen LogP contribution is 2.44. The Hall–Kier alpha value is -1.08. The van der Waals surface area contributed by atoms with Crippen molar-refractivity contribution in [2.75, 3.05) is 19.6 Å². The first kappa shape index (κ1) is 12.4. The zero-order valence-corrected chi connectivity index (χ0v) is 10.5. The van der Waals surface area contributed by atoms with E-state index in [0.717, 1.165) is 45.3 Å². The lowest BCUT2D eigenvalue weighted by Gasteiger charge is -2.32. The van der Waals surface area contributed by atoms with Gasteiger partial charge in [-0.15, -0.1) is 0 Å². The van der Waals surface area contributed by atoms with Gasteiger partial charge in [0.05, 0.1) is 11.5 Å². The van der Waals surface area contributed by atoms with E-state index in [1.54, 1.807) is 0 Å². The van der Waals surface area contributed by atoms with Gasteiger partial charge in [-0.05, 0) is 25.7 Å². The van der Waals surface area contributed by atoms with Crippen molar-refractivity contribution >= 4 is 5.91 Å². The second-order valence-corrected chi connectivity index (χ2v) is 5.28. The van der Waals surface area contributed by atoms with Crippen LogP contribution in [0.4, 0.5) is 0 Å². The molecular weight excluding hydrogens is 214 g/mol. The van der Waals surface area contributed by atoms with Gasteiger partial charge in [-0.2, -0.15) is 5.26 Å². The minimum absolute atomic E-state index is 0.0592. The summed E-state index contributed by atoms with van der Waals surface area (Å²) in [5.41, 5.74) is -0.0592. The maximum Gasteiger partial charge on any atom is 0.222 e. The number of amides is 1. The minimum atomic E-state index is -0.0592. The highest BCUT2D eigenvalue weighted by atomic mass is 16.2. The van der Waals surface area contributed by atoms with Gasteiger partial charge >= 0.3 is 0 Å². The van der Waals surface area contributed by atoms with Crippen molar-refractivity contribution in [3.05, 3.63) is 0 Å². The summed E-state index contributed by atoms with van der Waals surface area (Å²) in [7, 11) is 0. The van der Waals surface area contributed by atoms with Crippen LogP contribution in [0.1, 0.15) is 39.0 Å². The molecule has 1 heterocycles. The van der Waals surface area contributed by atoms with Crippen molar-refractivity contribution in [1.29, 1.82) is 5.26 Å². The molecule has 0 aromatic rings. The predicted octanol–water partition coefficient (Wildman–Crippen LogP) is 1.28. The van der Waals surface area contributed by atoms with E-state index in [1.807, 2.05) is 11.8 Å². The Bertz CT molecular complexity index is 322. The number of nitrogens with one attached hydrogen (secondary N) is 1. The van der Waals surface area contributed by atoms with E-state index in [9.17, 15) is 4.79 Å². The Kier molecular flexibility index (Phi) is 3.68. The summed E-state index contributed by atoms with van der Waals surface area (Å²) >= 11 is 0. The molecule has 2 aliphatic rings. The van der Waals surface area contributed by atoms with Crippen LogP contribution in [0.25, 0.3) is 0 Å². The van der Waals surface area contributed by atoms with E-state index >= 15 is 0 Å². The van der Waals surface area contributed by atoms with E-state index in [1.165, 1.54) is 0 Å². The van der Waals surface area contributed by atoms with Crippen LogP contribution in [0.5, 0.6) is 0 Å². The lowest BCUT2D eigenvalue weighted by molar-refractivity contribution is -0.131. The SMILES string of the molecule is CCC(=O)N1CCC(NCC2(C#N)CC2)CC1. The summed E-state index contributed by atoms with van der Waals surface area (Å²) in [5, 5.41) is 12.5. The third-order valence-corrected chi connectivity index (χ3v) is 3.97. The van der Waals surface area contributed by atoms with E-state index in [4.69, 9.17) is 5.26 Å². The Balaban J connectivity index is 1.69. The highest BCUT2D eigenvalue weighted by Gasteiger charge is 2.43. The van der Waals surface area contributed by atoms with Crippen LogP contribution in [-0.4, -0.2) is 36.5 Å². The third-order valence-electron chi connectivity index (χ3n) is 3.97. The second kappa shape index (κ2) is 5.05. The smallest absolute Gasteiger partial charge is 0.222 e. The molecule has 1 N–H and O–H groups in total. The fourth-order valence-electron chi connectivity index (χ4n) is 2.38. The van der Waals surface area contributed by atoms with Crippen LogP contribution in [0.3, 0.4) is 0 Å². The Morgan fingerprint density at radius 3 is 2.59 bits per heavy atom. The van der Waals surface area contributed by atoms with Crippen LogP contribution < -0.4 is 5.32 Å². The average molecular weight is 235 g/mol. The Morgan fingerprint density at radius 1 is 1.47 bits per heavy atom. The molecule has 1 saturated carbocycles. The number of likely N-dealkylation sites (tertiary alicyclic amines) is 1. The van der Waals surface area contributed by atoms with Gasteiger partial charge in [0.25, 0.3) is 0 Å². The van der Waals surface area contributed by atoms with Crippen LogP contribution in [-0.2, 0) is 4.79 Å². The van der Waals surface area contributed by atoms with Crippen LogP contribution >= 0.6 is 0 Å². The second-order valence-electron chi connectivity index (χ2n) is 5.28. The van der Waals surface area contributed by atoms with Gasteiger partial charge in [0, 0.05) is 32.1 Å². The number of nitrogens with zero attached hydrogens (tertiary/aromatic N) is 2. The van der Waals surface area contributed by atoms with Gasteiger partial charge in [0.2, 0.25) is 5.91 Å². The molecule has 0 aromatic heterocycles. The fourth-order valence-corrected chi connectivity index (χ4v) is 2.38. The summed E-state index contributed by atoms with van der Waals surface area (Å²) in [6.07, 6.45) is 4.74. The Morgan fingerprint density at radius 2 is 2.12 bits per heavy atom. The van der Waals surface area contributed by atoms with Crippen LogP contribution in [0, 0.1) is 16.7 Å². The van der Waals surface area contributed by atoms with Gasteiger partial charge in [-0.25, -0.2) is 0 Å². The number of carbonyl (C=O) groups excluding carboxylic acids is 1. The van der Waals surface area contributed by atoms with Crippen LogP contribution in [0.2, 0.25) is 0 Å². The minimum Gasteiger partial charge on any atom is -0.343 e. The van der Waals surface area contributed by atoms with E-state index in [-0.39, 0.29) is 11.3 Å². The van der Waals surface area contributed by atoms with Gasteiger partial charge in [0.1, 0.15) is 0 Å². The first-order valence-corrected chi connectivity index (χ1v) is 6.61. The monoisotopic (exact) mass is 235 g/mol. The maximum atomic E-state index is 11.5. The number of rotatable bonds is 4. The molecule has 0 spiro atoms. The largest absolute Gasteiger partial charge is 0.343 e. The van der Waals surface area contributed by atoms with E-state index in [2.05, 4.69) is 11.4 Å². The summed E-state index contributed by atoms with van der Waals surface area (Å²) in [6.45, 7) is 4.47. The van der Waals surface area contributed by atoms with Gasteiger partial charge < -0.3 is 10.2 Å². The zero-order chi connectivity index (χ0) is 12.3. The highest BCUT2D eigenvalue weighted by molar-refractivity contribution is 5.75. The lowest BCUT2D eigenvalue weighted by Crippen LogP contribution is -2.45. The van der Waals surface area contributed by atoms with E-state index < -0.39 is 0 Å². The fraction of sp³-hybridized carbons (Fsp3) is 0.846. The molecule has 0 atom stereocenters. The quantitative estimate of drug-likeness (QED) is 0.798. The number of nitriles is 1. The molecule has 1 aliphatic carbocycles. The molecule has 94 valence electrons. The normalized spacial score (nSPS) is 23.2. The predicted molar refractivity (Wildman–Crippen MR) is 65.2 cm³/mol. The molecule has 2 fully saturated rings. The number of piperidine rings is 1. The molecule has 4 heteroatoms. The van der Waals surface area contributed by atoms with Crippen molar-refractivity contribution in [2.24, 2.45) is 5.41 Å². The standard InChI is InChI=1S/C13H21N3O/c1-2-12(17)16-7-3-11(4-8-16)15-10-13(9-14)5-6-13/h11,15H,2-8,10H2,1H3. The molecular formula is C13H21N3O. The first-order valence-electron chi connectivity index (χ1n) is 6.61. The molecule has 4 nitrogen and oxygen atoms in total. The topological polar surface area (TPSA) is 56.1 Å². The van der Waals surface area contributed by atoms with Crippen LogP contribution in [0.15, 0.2) is 0 Å². The molecule has 2 rings (SSSR count). The zero-order valence-electron chi connectivity index (χ0n) is 10.5. The molecule has 1 amide bonds. The first-order chi connectivity index (χ1) is 8.19. The molecule has 0 unspecified atom stereocenters. The molecule has 0 aromatic carbocycles. The van der Waals surface area contributed by atoms with Crippen molar-refractivity contribution in [3.63, 3.8) is 0 Å². The average Bonchev–Trinajstić information content (AvgIpc) is 3.17. The number of hydrogen-bond acceptors (Lipinski definition) is 3. The summed E-state index contributed by atoms with van der Waals surface area (Å²) < 4.78 is 0. The summed E-state index contributed by atoms with van der Waals surface area (Å²) in [4.78, 5) is 13.5. The Labute approximate surface area is 103 Å². The molecule has 0 radical (unpaired) electrons.